The van der Waals surface area contributed by atoms with Gasteiger partial charge < -0.3 is 29.5 Å². The Morgan fingerprint density at radius 2 is 1.37 bits per heavy atom. The number of hydrogen-bond acceptors (Lipinski definition) is 8. The Hall–Kier alpha value is -2.24. The largest absolute Gasteiger partial charge is 0.491 e. The summed E-state index contributed by atoms with van der Waals surface area (Å²) in [6, 6.07) is 8.47. The van der Waals surface area contributed by atoms with E-state index in [9.17, 15) is 9.59 Å². The predicted molar refractivity (Wildman–Crippen MR) is 170 cm³/mol. The summed E-state index contributed by atoms with van der Waals surface area (Å²) in [6.07, 6.45) is 5.00. The van der Waals surface area contributed by atoms with E-state index in [2.05, 4.69) is 48.9 Å². The lowest BCUT2D eigenvalue weighted by atomic mass is 9.92. The molecule has 1 aromatic rings. The highest BCUT2D eigenvalue weighted by molar-refractivity contribution is 5.77. The van der Waals surface area contributed by atoms with Crippen LogP contribution in [0.1, 0.15) is 37.7 Å². The van der Waals surface area contributed by atoms with Crippen LogP contribution in [0.5, 0.6) is 5.75 Å². The first-order valence-corrected chi connectivity index (χ1v) is 16.5. The molecule has 0 spiro atoms. The minimum absolute atomic E-state index is 0.0963. The van der Waals surface area contributed by atoms with Gasteiger partial charge in [0.2, 0.25) is 11.8 Å². The average Bonchev–Trinajstić information content (AvgIpc) is 3.03. The molecule has 3 aliphatic rings. The second-order valence-electron chi connectivity index (χ2n) is 12.6. The summed E-state index contributed by atoms with van der Waals surface area (Å²) < 4.78 is 11.5. The fourth-order valence-corrected chi connectivity index (χ4v) is 6.42. The van der Waals surface area contributed by atoms with E-state index in [1.165, 1.54) is 5.56 Å². The van der Waals surface area contributed by atoms with Gasteiger partial charge in [-0.05, 0) is 63.7 Å². The second kappa shape index (κ2) is 17.9. The Morgan fingerprint density at radius 3 is 2.02 bits per heavy atom. The number of hydrogen-bond donors (Lipinski definition) is 1. The Kier molecular flexibility index (Phi) is 14.0. The van der Waals surface area contributed by atoms with Crippen LogP contribution in [0.4, 0.5) is 0 Å². The maximum atomic E-state index is 13.1. The van der Waals surface area contributed by atoms with Crippen molar-refractivity contribution < 1.29 is 19.1 Å². The van der Waals surface area contributed by atoms with E-state index in [1.54, 1.807) is 7.05 Å². The van der Waals surface area contributed by atoms with E-state index >= 15 is 0 Å². The molecule has 1 aromatic carbocycles. The van der Waals surface area contributed by atoms with Gasteiger partial charge in [0.15, 0.2) is 0 Å². The van der Waals surface area contributed by atoms with Crippen LogP contribution < -0.4 is 10.1 Å². The summed E-state index contributed by atoms with van der Waals surface area (Å²) in [4.78, 5) is 36.6. The van der Waals surface area contributed by atoms with Crippen molar-refractivity contribution in [1.29, 1.82) is 0 Å². The van der Waals surface area contributed by atoms with E-state index in [4.69, 9.17) is 9.47 Å². The smallest absolute Gasteiger partial charge is 0.233 e. The molecular formula is C33H56N6O4. The van der Waals surface area contributed by atoms with Gasteiger partial charge in [-0.15, -0.1) is 0 Å². The van der Waals surface area contributed by atoms with Gasteiger partial charge in [0.25, 0.3) is 0 Å². The molecule has 242 valence electrons. The number of nitrogens with zero attached hydrogens (tertiary/aromatic N) is 5. The number of nitrogens with one attached hydrogen (secondary N) is 1. The summed E-state index contributed by atoms with van der Waals surface area (Å²) >= 11 is 0. The van der Waals surface area contributed by atoms with Crippen LogP contribution in [0.3, 0.4) is 0 Å². The molecule has 0 aliphatic carbocycles. The minimum atomic E-state index is 0.0963. The van der Waals surface area contributed by atoms with Crippen molar-refractivity contribution in [3.63, 3.8) is 0 Å². The molecule has 0 unspecified atom stereocenters. The molecule has 0 saturated carbocycles. The van der Waals surface area contributed by atoms with Gasteiger partial charge in [-0.3, -0.25) is 19.4 Å². The van der Waals surface area contributed by atoms with E-state index in [0.29, 0.717) is 44.0 Å². The lowest BCUT2D eigenvalue weighted by molar-refractivity contribution is -0.134. The lowest BCUT2D eigenvalue weighted by Gasteiger charge is -2.39. The van der Waals surface area contributed by atoms with Crippen molar-refractivity contribution >= 4 is 11.8 Å². The number of aryl methyl sites for hydroxylation is 1. The number of carbonyl (C=O) groups is 2. The quantitative estimate of drug-likeness (QED) is 0.306. The van der Waals surface area contributed by atoms with E-state index < -0.39 is 0 Å². The molecule has 4 rings (SSSR count). The highest BCUT2D eigenvalue weighted by Crippen LogP contribution is 2.23. The summed E-state index contributed by atoms with van der Waals surface area (Å²) in [6.45, 7) is 15.8. The summed E-state index contributed by atoms with van der Waals surface area (Å²) in [5.74, 6) is 1.80. The van der Waals surface area contributed by atoms with Crippen LogP contribution in [-0.4, -0.2) is 155 Å². The minimum Gasteiger partial charge on any atom is -0.491 e. The normalized spacial score (nSPS) is 20.3. The number of rotatable bonds is 15. The third-order valence-corrected chi connectivity index (χ3v) is 9.58. The van der Waals surface area contributed by atoms with Crippen molar-refractivity contribution in [2.75, 3.05) is 112 Å². The van der Waals surface area contributed by atoms with Crippen LogP contribution in [-0.2, 0) is 14.3 Å². The standard InChI is InChI=1S/C33H56N6O4/c1-28-4-6-31(7-5-28)43-25-24-42-23-22-37-12-8-29(9-13-37)26-33(41)35(3)30-10-14-36(15-11-30)16-17-38-18-20-39(21-19-38)27-32(40)34-2/h4-7,29-30H,8-27H2,1-3H3,(H,34,40). The third-order valence-electron chi connectivity index (χ3n) is 9.58. The number of ether oxygens (including phenoxy) is 2. The number of piperidine rings is 2. The van der Waals surface area contributed by atoms with Crippen LogP contribution in [0, 0.1) is 12.8 Å². The van der Waals surface area contributed by atoms with E-state index in [0.717, 1.165) is 110 Å². The molecule has 3 aliphatic heterocycles. The highest BCUT2D eigenvalue weighted by atomic mass is 16.5. The van der Waals surface area contributed by atoms with Gasteiger partial charge in [-0.1, -0.05) is 17.7 Å². The highest BCUT2D eigenvalue weighted by Gasteiger charge is 2.28. The fourth-order valence-electron chi connectivity index (χ4n) is 6.42. The van der Waals surface area contributed by atoms with Crippen LogP contribution in [0.25, 0.3) is 0 Å². The Morgan fingerprint density at radius 1 is 0.791 bits per heavy atom. The zero-order valence-corrected chi connectivity index (χ0v) is 27.0. The van der Waals surface area contributed by atoms with Gasteiger partial charge in [0.1, 0.15) is 12.4 Å². The predicted octanol–water partition coefficient (Wildman–Crippen LogP) is 1.78. The number of benzene rings is 1. The van der Waals surface area contributed by atoms with Gasteiger partial charge in [-0.2, -0.15) is 0 Å². The van der Waals surface area contributed by atoms with Gasteiger partial charge >= 0.3 is 0 Å². The molecule has 10 heteroatoms. The first kappa shape index (κ1) is 33.6. The van der Waals surface area contributed by atoms with Crippen LogP contribution in [0.2, 0.25) is 0 Å². The number of piperazine rings is 1. The first-order chi connectivity index (χ1) is 20.9. The molecule has 2 amide bonds. The number of likely N-dealkylation sites (tertiary alicyclic amines) is 2. The fraction of sp³-hybridized carbons (Fsp3) is 0.758. The molecule has 43 heavy (non-hydrogen) atoms. The molecule has 0 aromatic heterocycles. The Labute approximate surface area is 259 Å². The molecule has 0 atom stereocenters. The SMILES string of the molecule is CNC(=O)CN1CCN(CCN2CCC(N(C)C(=O)CC3CCN(CCOCCOc4ccc(C)cc4)CC3)CC2)CC1. The Balaban J connectivity index is 1.01. The van der Waals surface area contributed by atoms with Crippen LogP contribution >= 0.6 is 0 Å². The first-order valence-electron chi connectivity index (χ1n) is 16.5. The zero-order chi connectivity index (χ0) is 30.4. The molecule has 3 saturated heterocycles. The molecule has 10 nitrogen and oxygen atoms in total. The molecule has 3 heterocycles. The summed E-state index contributed by atoms with van der Waals surface area (Å²) in [5, 5.41) is 2.71. The van der Waals surface area contributed by atoms with E-state index in [-0.39, 0.29) is 5.91 Å². The number of likely N-dealkylation sites (N-methyl/N-ethyl adjacent to an activating group) is 1. The van der Waals surface area contributed by atoms with Crippen LogP contribution in [0.15, 0.2) is 24.3 Å². The lowest BCUT2D eigenvalue weighted by Crippen LogP contribution is -2.51. The number of amides is 2. The molecule has 0 bridgehead atoms. The van der Waals surface area contributed by atoms with Gasteiger partial charge in [-0.25, -0.2) is 0 Å². The van der Waals surface area contributed by atoms with Crippen molar-refractivity contribution in [2.45, 2.75) is 45.1 Å². The van der Waals surface area contributed by atoms with Crippen molar-refractivity contribution in [1.82, 2.24) is 29.8 Å². The zero-order valence-electron chi connectivity index (χ0n) is 27.0. The molecule has 0 radical (unpaired) electrons. The van der Waals surface area contributed by atoms with Gasteiger partial charge in [0, 0.05) is 85.5 Å². The van der Waals surface area contributed by atoms with E-state index in [1.807, 2.05) is 19.2 Å². The van der Waals surface area contributed by atoms with Crippen molar-refractivity contribution in [3.05, 3.63) is 29.8 Å². The molecule has 3 fully saturated rings. The topological polar surface area (TPSA) is 80.8 Å². The molecule has 1 N–H and O–H groups in total. The third kappa shape index (κ3) is 11.6. The summed E-state index contributed by atoms with van der Waals surface area (Å²) in [7, 11) is 3.72. The molecular weight excluding hydrogens is 544 g/mol. The maximum Gasteiger partial charge on any atom is 0.233 e. The summed E-state index contributed by atoms with van der Waals surface area (Å²) in [5.41, 5.74) is 1.23. The monoisotopic (exact) mass is 600 g/mol. The van der Waals surface area contributed by atoms with Gasteiger partial charge in [0.05, 0.1) is 19.8 Å². The second-order valence-corrected chi connectivity index (χ2v) is 12.6. The number of carbonyl (C=O) groups excluding carboxylic acids is 2. The van der Waals surface area contributed by atoms with Crippen molar-refractivity contribution in [3.8, 4) is 5.75 Å². The van der Waals surface area contributed by atoms with Crippen molar-refractivity contribution in [2.24, 2.45) is 5.92 Å². The maximum absolute atomic E-state index is 13.1. The average molecular weight is 601 g/mol. The Bertz CT molecular complexity index is 955.